The molecule has 0 aliphatic heterocycles. The van der Waals surface area contributed by atoms with Gasteiger partial charge in [0.25, 0.3) is 0 Å². The largest absolute Gasteiger partial charge is 0.331 e. The molecule has 0 saturated carbocycles. The number of nitrogens with zero attached hydrogens (tertiary/aromatic N) is 2. The van der Waals surface area contributed by atoms with Crippen LogP contribution in [0.15, 0.2) is 22.7 Å². The molecule has 0 aliphatic rings. The Morgan fingerprint density at radius 2 is 2.17 bits per heavy atom. The highest BCUT2D eigenvalue weighted by molar-refractivity contribution is 9.10. The van der Waals surface area contributed by atoms with Gasteiger partial charge in [-0.05, 0) is 35.0 Å². The fraction of sp³-hybridized carbons (Fsp3) is 0.222. The van der Waals surface area contributed by atoms with E-state index in [4.69, 9.17) is 0 Å². The molecule has 1 aromatic carbocycles. The van der Waals surface area contributed by atoms with Crippen LogP contribution in [0.5, 0.6) is 0 Å². The highest BCUT2D eigenvalue weighted by atomic mass is 79.9. The van der Waals surface area contributed by atoms with E-state index in [9.17, 15) is 0 Å². The maximum Gasteiger partial charge on any atom is 0.106 e. The molecule has 1 aromatic heterocycles. The van der Waals surface area contributed by atoms with Crippen molar-refractivity contribution in [1.29, 1.82) is 0 Å². The number of hydrogen-bond donors (Lipinski definition) is 0. The number of imidazole rings is 1. The summed E-state index contributed by atoms with van der Waals surface area (Å²) < 4.78 is 3.14. The van der Waals surface area contributed by atoms with Gasteiger partial charge < -0.3 is 4.57 Å². The van der Waals surface area contributed by atoms with Crippen molar-refractivity contribution in [2.45, 2.75) is 6.92 Å². The summed E-state index contributed by atoms with van der Waals surface area (Å²) in [5.74, 6) is 1.04. The molecule has 0 unspecified atom stereocenters. The number of fused-ring (bicyclic) bond motifs is 1. The van der Waals surface area contributed by atoms with Gasteiger partial charge >= 0.3 is 0 Å². The quantitative estimate of drug-likeness (QED) is 0.673. The summed E-state index contributed by atoms with van der Waals surface area (Å²) in [6, 6.07) is 6.10. The van der Waals surface area contributed by atoms with E-state index in [1.54, 1.807) is 0 Å². The minimum Gasteiger partial charge on any atom is -0.331 e. The Balaban J connectivity index is 2.95. The van der Waals surface area contributed by atoms with Crippen LogP contribution >= 0.6 is 15.9 Å². The standard InChI is InChI=1S/C9H9BrN2/c1-6-11-9-7(10)4-3-5-8(9)12(6)2/h3-5H,1-2H3. The van der Waals surface area contributed by atoms with Crippen molar-refractivity contribution in [1.82, 2.24) is 9.55 Å². The van der Waals surface area contributed by atoms with Gasteiger partial charge in [-0.2, -0.15) is 0 Å². The topological polar surface area (TPSA) is 17.8 Å². The van der Waals surface area contributed by atoms with E-state index in [0.717, 1.165) is 15.8 Å². The fourth-order valence-corrected chi connectivity index (χ4v) is 1.74. The lowest BCUT2D eigenvalue weighted by Crippen LogP contribution is -1.89. The Morgan fingerprint density at radius 3 is 2.83 bits per heavy atom. The van der Waals surface area contributed by atoms with Crippen molar-refractivity contribution >= 4 is 27.0 Å². The average Bonchev–Trinajstić information content (AvgIpc) is 2.32. The van der Waals surface area contributed by atoms with Crippen molar-refractivity contribution in [2.24, 2.45) is 7.05 Å². The van der Waals surface area contributed by atoms with Crippen LogP contribution in [0.25, 0.3) is 11.0 Å². The summed E-state index contributed by atoms with van der Waals surface area (Å²) in [4.78, 5) is 4.43. The molecule has 0 radical (unpaired) electrons. The van der Waals surface area contributed by atoms with Gasteiger partial charge in [-0.25, -0.2) is 4.98 Å². The molecule has 0 saturated heterocycles. The van der Waals surface area contributed by atoms with Crippen molar-refractivity contribution in [3.05, 3.63) is 28.5 Å². The lowest BCUT2D eigenvalue weighted by molar-refractivity contribution is 0.886. The second-order valence-electron chi connectivity index (χ2n) is 2.83. The number of halogens is 1. The number of benzene rings is 1. The number of aromatic nitrogens is 2. The van der Waals surface area contributed by atoms with Gasteiger partial charge in [-0.15, -0.1) is 0 Å². The van der Waals surface area contributed by atoms with E-state index >= 15 is 0 Å². The van der Waals surface area contributed by atoms with E-state index in [1.165, 1.54) is 5.52 Å². The van der Waals surface area contributed by atoms with Crippen LogP contribution in [0.2, 0.25) is 0 Å². The molecule has 0 amide bonds. The third-order valence-corrected chi connectivity index (χ3v) is 2.73. The van der Waals surface area contributed by atoms with Crippen molar-refractivity contribution in [3.8, 4) is 0 Å². The molecule has 2 rings (SSSR count). The Hall–Kier alpha value is -0.830. The normalized spacial score (nSPS) is 10.9. The van der Waals surface area contributed by atoms with Crippen LogP contribution in [0, 0.1) is 6.92 Å². The average molecular weight is 225 g/mol. The number of hydrogen-bond acceptors (Lipinski definition) is 1. The predicted molar refractivity (Wildman–Crippen MR) is 53.2 cm³/mol. The molecule has 0 bridgehead atoms. The van der Waals surface area contributed by atoms with Gasteiger partial charge in [0, 0.05) is 11.5 Å². The molecule has 2 nitrogen and oxygen atoms in total. The first-order chi connectivity index (χ1) is 5.70. The van der Waals surface area contributed by atoms with Crippen LogP contribution < -0.4 is 0 Å². The molecular formula is C9H9BrN2. The predicted octanol–water partition coefficient (Wildman–Crippen LogP) is 2.64. The summed E-state index contributed by atoms with van der Waals surface area (Å²) in [6.07, 6.45) is 0. The van der Waals surface area contributed by atoms with Crippen LogP contribution in [0.4, 0.5) is 0 Å². The highest BCUT2D eigenvalue weighted by Gasteiger charge is 2.05. The van der Waals surface area contributed by atoms with Gasteiger partial charge in [0.1, 0.15) is 11.3 Å². The summed E-state index contributed by atoms with van der Waals surface area (Å²) in [7, 11) is 2.02. The summed E-state index contributed by atoms with van der Waals surface area (Å²) in [5, 5.41) is 0. The molecule has 3 heteroatoms. The van der Waals surface area contributed by atoms with Crippen LogP contribution in [-0.4, -0.2) is 9.55 Å². The molecule has 62 valence electrons. The van der Waals surface area contributed by atoms with E-state index in [1.807, 2.05) is 26.1 Å². The molecule has 0 fully saturated rings. The molecule has 0 aliphatic carbocycles. The Bertz CT molecular complexity index is 431. The maximum atomic E-state index is 4.43. The minimum absolute atomic E-state index is 1.04. The van der Waals surface area contributed by atoms with Crippen molar-refractivity contribution in [3.63, 3.8) is 0 Å². The van der Waals surface area contributed by atoms with Crippen LogP contribution in [0.3, 0.4) is 0 Å². The van der Waals surface area contributed by atoms with E-state index in [2.05, 4.69) is 31.5 Å². The monoisotopic (exact) mass is 224 g/mol. The fourth-order valence-electron chi connectivity index (χ4n) is 1.30. The van der Waals surface area contributed by atoms with Gasteiger partial charge in [-0.3, -0.25) is 0 Å². The molecule has 1 heterocycles. The first-order valence-electron chi connectivity index (χ1n) is 3.77. The van der Waals surface area contributed by atoms with Crippen molar-refractivity contribution in [2.75, 3.05) is 0 Å². The second-order valence-corrected chi connectivity index (χ2v) is 3.68. The van der Waals surface area contributed by atoms with Gasteiger partial charge in [-0.1, -0.05) is 6.07 Å². The molecule has 0 spiro atoms. The molecule has 0 atom stereocenters. The van der Waals surface area contributed by atoms with Crippen LogP contribution in [0.1, 0.15) is 5.82 Å². The van der Waals surface area contributed by atoms with Crippen molar-refractivity contribution < 1.29 is 0 Å². The van der Waals surface area contributed by atoms with Gasteiger partial charge in [0.2, 0.25) is 0 Å². The maximum absolute atomic E-state index is 4.43. The third-order valence-electron chi connectivity index (χ3n) is 2.09. The Kier molecular flexibility index (Phi) is 1.68. The van der Waals surface area contributed by atoms with Gasteiger partial charge in [0.15, 0.2) is 0 Å². The van der Waals surface area contributed by atoms with Crippen LogP contribution in [-0.2, 0) is 7.05 Å². The first-order valence-corrected chi connectivity index (χ1v) is 4.57. The lowest BCUT2D eigenvalue weighted by atomic mass is 10.3. The molecule has 12 heavy (non-hydrogen) atoms. The summed E-state index contributed by atoms with van der Waals surface area (Å²) in [6.45, 7) is 2.01. The second kappa shape index (κ2) is 2.59. The summed E-state index contributed by atoms with van der Waals surface area (Å²) >= 11 is 3.47. The van der Waals surface area contributed by atoms with E-state index in [0.29, 0.717) is 0 Å². The zero-order valence-corrected chi connectivity index (χ0v) is 8.59. The molecule has 2 aromatic rings. The van der Waals surface area contributed by atoms with Gasteiger partial charge in [0.05, 0.1) is 5.52 Å². The lowest BCUT2D eigenvalue weighted by Gasteiger charge is -1.95. The SMILES string of the molecule is Cc1nc2c(Br)cccc2n1C. The Morgan fingerprint density at radius 1 is 1.42 bits per heavy atom. The number of para-hydroxylation sites is 1. The highest BCUT2D eigenvalue weighted by Crippen LogP contribution is 2.22. The third kappa shape index (κ3) is 0.966. The Labute approximate surface area is 79.3 Å². The number of rotatable bonds is 0. The first kappa shape index (κ1) is 7.80. The van der Waals surface area contributed by atoms with E-state index < -0.39 is 0 Å². The zero-order valence-electron chi connectivity index (χ0n) is 7.00. The number of aryl methyl sites for hydroxylation is 2. The molecular weight excluding hydrogens is 216 g/mol. The zero-order chi connectivity index (χ0) is 8.72. The smallest absolute Gasteiger partial charge is 0.106 e. The minimum atomic E-state index is 1.04. The van der Waals surface area contributed by atoms with E-state index in [-0.39, 0.29) is 0 Å². The summed E-state index contributed by atoms with van der Waals surface area (Å²) in [5.41, 5.74) is 2.21. The molecule has 0 N–H and O–H groups in total.